The Labute approximate surface area is 161 Å². The summed E-state index contributed by atoms with van der Waals surface area (Å²) in [6.45, 7) is 0. The minimum Gasteiger partial charge on any atom is -0.299 e. The second kappa shape index (κ2) is 10.9. The summed E-state index contributed by atoms with van der Waals surface area (Å²) >= 11 is 0. The van der Waals surface area contributed by atoms with Gasteiger partial charge in [-0.15, -0.1) is 0 Å². The van der Waals surface area contributed by atoms with Crippen LogP contribution in [0, 0.1) is 11.8 Å². The van der Waals surface area contributed by atoms with E-state index in [0.717, 1.165) is 18.8 Å². The monoisotopic (exact) mass is 354 g/mol. The molecule has 3 rings (SSSR count). The van der Waals surface area contributed by atoms with Gasteiger partial charge in [0.25, 0.3) is 0 Å². The third-order valence-electron chi connectivity index (χ3n) is 6.89. The van der Waals surface area contributed by atoms with Gasteiger partial charge in [-0.3, -0.25) is 4.79 Å². The van der Waals surface area contributed by atoms with E-state index < -0.39 is 0 Å². The van der Waals surface area contributed by atoms with Gasteiger partial charge in [-0.25, -0.2) is 0 Å². The van der Waals surface area contributed by atoms with Crippen LogP contribution in [0.1, 0.15) is 108 Å². The lowest BCUT2D eigenvalue weighted by Crippen LogP contribution is -2.24. The first-order chi connectivity index (χ1) is 12.8. The Bertz CT molecular complexity index is 506. The van der Waals surface area contributed by atoms with Crippen LogP contribution in [-0.2, 0) is 4.79 Å². The fraction of sp³-hybridized carbons (Fsp3) is 0.720. The SMILES string of the molecule is O=C(CCCCC1CCCCCC1)C(c1ccccc1)C1CCCCC1. The van der Waals surface area contributed by atoms with Gasteiger partial charge < -0.3 is 0 Å². The number of carbonyl (C=O) groups excluding carboxylic acids is 1. The van der Waals surface area contributed by atoms with Gasteiger partial charge in [-0.05, 0) is 36.7 Å². The molecule has 0 amide bonds. The minimum atomic E-state index is 0.161. The highest BCUT2D eigenvalue weighted by atomic mass is 16.1. The summed E-state index contributed by atoms with van der Waals surface area (Å²) in [5, 5.41) is 0. The molecule has 0 N–H and O–H groups in total. The number of carbonyl (C=O) groups is 1. The lowest BCUT2D eigenvalue weighted by Gasteiger charge is -2.30. The van der Waals surface area contributed by atoms with Crippen LogP contribution in [0.3, 0.4) is 0 Å². The van der Waals surface area contributed by atoms with E-state index in [4.69, 9.17) is 0 Å². The Balaban J connectivity index is 1.50. The number of Topliss-reactive ketones (excluding diaryl/α,β-unsaturated/α-hetero) is 1. The molecule has 1 nitrogen and oxygen atoms in total. The molecule has 1 atom stereocenters. The minimum absolute atomic E-state index is 0.161. The molecule has 26 heavy (non-hydrogen) atoms. The molecule has 2 aliphatic carbocycles. The molecule has 1 unspecified atom stereocenters. The van der Waals surface area contributed by atoms with E-state index in [9.17, 15) is 4.79 Å². The average Bonchev–Trinajstić information content (AvgIpc) is 2.96. The molecule has 0 radical (unpaired) electrons. The third kappa shape index (κ3) is 5.96. The highest BCUT2D eigenvalue weighted by Crippen LogP contribution is 2.37. The summed E-state index contributed by atoms with van der Waals surface area (Å²) in [6.07, 6.45) is 19.6. The van der Waals surface area contributed by atoms with E-state index >= 15 is 0 Å². The fourth-order valence-corrected chi connectivity index (χ4v) is 5.39. The molecule has 2 saturated carbocycles. The van der Waals surface area contributed by atoms with E-state index in [2.05, 4.69) is 30.3 Å². The third-order valence-corrected chi connectivity index (χ3v) is 6.89. The Kier molecular flexibility index (Phi) is 8.24. The molecule has 144 valence electrons. The summed E-state index contributed by atoms with van der Waals surface area (Å²) in [7, 11) is 0. The summed E-state index contributed by atoms with van der Waals surface area (Å²) < 4.78 is 0. The summed E-state index contributed by atoms with van der Waals surface area (Å²) in [5.74, 6) is 2.20. The maximum absolute atomic E-state index is 13.1. The van der Waals surface area contributed by atoms with E-state index in [1.807, 2.05) is 0 Å². The summed E-state index contributed by atoms with van der Waals surface area (Å²) in [6, 6.07) is 10.6. The van der Waals surface area contributed by atoms with Crippen molar-refractivity contribution in [3.63, 3.8) is 0 Å². The zero-order chi connectivity index (χ0) is 18.0. The van der Waals surface area contributed by atoms with Gasteiger partial charge in [0.15, 0.2) is 0 Å². The van der Waals surface area contributed by atoms with Gasteiger partial charge in [-0.1, -0.05) is 101 Å². The topological polar surface area (TPSA) is 17.1 Å². The van der Waals surface area contributed by atoms with Crippen molar-refractivity contribution < 1.29 is 4.79 Å². The van der Waals surface area contributed by atoms with Crippen molar-refractivity contribution in [2.75, 3.05) is 0 Å². The Morgan fingerprint density at radius 1 is 0.808 bits per heavy atom. The first kappa shape index (κ1) is 19.6. The number of hydrogen-bond donors (Lipinski definition) is 0. The molecule has 0 aromatic heterocycles. The lowest BCUT2D eigenvalue weighted by molar-refractivity contribution is -0.122. The van der Waals surface area contributed by atoms with Crippen LogP contribution in [0.2, 0.25) is 0 Å². The predicted molar refractivity (Wildman–Crippen MR) is 110 cm³/mol. The van der Waals surface area contributed by atoms with Crippen molar-refractivity contribution in [1.82, 2.24) is 0 Å². The highest BCUT2D eigenvalue weighted by Gasteiger charge is 2.30. The number of rotatable bonds is 8. The molecular formula is C25H38O. The van der Waals surface area contributed by atoms with Crippen molar-refractivity contribution in [2.45, 2.75) is 102 Å². The molecule has 0 bridgehead atoms. The molecule has 0 spiro atoms. The van der Waals surface area contributed by atoms with Crippen molar-refractivity contribution in [1.29, 1.82) is 0 Å². The van der Waals surface area contributed by atoms with Crippen LogP contribution in [0.5, 0.6) is 0 Å². The lowest BCUT2D eigenvalue weighted by atomic mass is 9.74. The van der Waals surface area contributed by atoms with E-state index in [1.165, 1.54) is 89.0 Å². The van der Waals surface area contributed by atoms with Crippen LogP contribution in [-0.4, -0.2) is 5.78 Å². The second-order valence-electron chi connectivity index (χ2n) is 8.86. The van der Waals surface area contributed by atoms with E-state index in [-0.39, 0.29) is 5.92 Å². The van der Waals surface area contributed by atoms with Crippen molar-refractivity contribution in [3.8, 4) is 0 Å². The molecule has 1 heteroatoms. The first-order valence-corrected chi connectivity index (χ1v) is 11.4. The molecule has 0 saturated heterocycles. The number of hydrogen-bond acceptors (Lipinski definition) is 1. The smallest absolute Gasteiger partial charge is 0.140 e. The van der Waals surface area contributed by atoms with Crippen molar-refractivity contribution in [3.05, 3.63) is 35.9 Å². The second-order valence-corrected chi connectivity index (χ2v) is 8.86. The summed E-state index contributed by atoms with van der Waals surface area (Å²) in [4.78, 5) is 13.1. The van der Waals surface area contributed by atoms with Gasteiger partial charge in [-0.2, -0.15) is 0 Å². The molecule has 1 aromatic carbocycles. The van der Waals surface area contributed by atoms with Gasteiger partial charge in [0.2, 0.25) is 0 Å². The number of benzene rings is 1. The maximum Gasteiger partial charge on any atom is 0.140 e. The molecule has 2 fully saturated rings. The number of unbranched alkanes of at least 4 members (excludes halogenated alkanes) is 1. The Hall–Kier alpha value is -1.11. The molecule has 2 aliphatic rings. The van der Waals surface area contributed by atoms with Gasteiger partial charge in [0.1, 0.15) is 5.78 Å². The van der Waals surface area contributed by atoms with E-state index in [1.54, 1.807) is 0 Å². The zero-order valence-corrected chi connectivity index (χ0v) is 16.6. The van der Waals surface area contributed by atoms with Gasteiger partial charge in [0.05, 0.1) is 0 Å². The maximum atomic E-state index is 13.1. The fourth-order valence-electron chi connectivity index (χ4n) is 5.39. The highest BCUT2D eigenvalue weighted by molar-refractivity contribution is 5.86. The van der Waals surface area contributed by atoms with Crippen molar-refractivity contribution >= 4 is 5.78 Å². The van der Waals surface area contributed by atoms with Crippen LogP contribution >= 0.6 is 0 Å². The average molecular weight is 355 g/mol. The largest absolute Gasteiger partial charge is 0.299 e. The van der Waals surface area contributed by atoms with Crippen LogP contribution in [0.15, 0.2) is 30.3 Å². The summed E-state index contributed by atoms with van der Waals surface area (Å²) in [5.41, 5.74) is 1.27. The molecule has 0 heterocycles. The van der Waals surface area contributed by atoms with Crippen molar-refractivity contribution in [2.24, 2.45) is 11.8 Å². The zero-order valence-electron chi connectivity index (χ0n) is 16.6. The van der Waals surface area contributed by atoms with Gasteiger partial charge in [0, 0.05) is 12.3 Å². The molecule has 1 aromatic rings. The van der Waals surface area contributed by atoms with Crippen LogP contribution in [0.4, 0.5) is 0 Å². The predicted octanol–water partition coefficient (Wildman–Crippen LogP) is 7.45. The van der Waals surface area contributed by atoms with Gasteiger partial charge >= 0.3 is 0 Å². The molecular weight excluding hydrogens is 316 g/mol. The van der Waals surface area contributed by atoms with Crippen LogP contribution in [0.25, 0.3) is 0 Å². The Morgan fingerprint density at radius 3 is 2.12 bits per heavy atom. The number of ketones is 1. The normalized spacial score (nSPS) is 21.2. The van der Waals surface area contributed by atoms with Crippen LogP contribution < -0.4 is 0 Å². The molecule has 0 aliphatic heterocycles. The van der Waals surface area contributed by atoms with E-state index in [0.29, 0.717) is 11.7 Å². The Morgan fingerprint density at radius 2 is 1.42 bits per heavy atom. The standard InChI is InChI=1S/C25H38O/c26-24(20-12-11-15-21-13-5-1-2-6-14-21)25(22-16-7-3-8-17-22)23-18-9-4-10-19-23/h3,7-8,16-17,21,23,25H,1-2,4-6,9-15,18-20H2. The first-order valence-electron chi connectivity index (χ1n) is 11.4. The quantitative estimate of drug-likeness (QED) is 0.350.